The summed E-state index contributed by atoms with van der Waals surface area (Å²) in [5, 5.41) is 18.7. The van der Waals surface area contributed by atoms with E-state index in [1.807, 2.05) is 30.3 Å². The molecular formula is C22H19N3O2S. The molecular weight excluding hydrogens is 370 g/mol. The van der Waals surface area contributed by atoms with Crippen LogP contribution in [-0.4, -0.2) is 23.0 Å². The highest BCUT2D eigenvalue weighted by atomic mass is 32.1. The summed E-state index contributed by atoms with van der Waals surface area (Å²) in [5.74, 6) is 0.786. The molecule has 0 atom stereocenters. The van der Waals surface area contributed by atoms with Gasteiger partial charge < -0.3 is 14.4 Å². The second-order valence-corrected chi connectivity index (χ2v) is 7.20. The van der Waals surface area contributed by atoms with Crippen molar-refractivity contribution in [1.29, 1.82) is 0 Å². The van der Waals surface area contributed by atoms with Crippen molar-refractivity contribution in [2.75, 3.05) is 7.11 Å². The number of aromatic nitrogens is 1. The van der Waals surface area contributed by atoms with Crippen LogP contribution in [0.15, 0.2) is 83.0 Å². The van der Waals surface area contributed by atoms with E-state index in [1.54, 1.807) is 36.6 Å². The van der Waals surface area contributed by atoms with Crippen LogP contribution in [0.4, 0.5) is 0 Å². The SMILES string of the molecule is COc1ccc(O)c(/C=N\N=c2\sc3ccccc3n2Cc2ccccc2)c1. The maximum absolute atomic E-state index is 10.0. The number of rotatable bonds is 5. The summed E-state index contributed by atoms with van der Waals surface area (Å²) >= 11 is 1.59. The first-order chi connectivity index (χ1) is 13.7. The molecule has 1 heterocycles. The predicted octanol–water partition coefficient (Wildman–Crippen LogP) is 4.40. The maximum atomic E-state index is 10.0. The largest absolute Gasteiger partial charge is 0.507 e. The summed E-state index contributed by atoms with van der Waals surface area (Å²) in [4.78, 5) is 0.795. The van der Waals surface area contributed by atoms with Crippen molar-refractivity contribution in [3.63, 3.8) is 0 Å². The van der Waals surface area contributed by atoms with Gasteiger partial charge in [0, 0.05) is 5.56 Å². The Bertz CT molecular complexity index is 1190. The molecule has 140 valence electrons. The van der Waals surface area contributed by atoms with Gasteiger partial charge in [-0.05, 0) is 35.9 Å². The van der Waals surface area contributed by atoms with Gasteiger partial charge in [0.15, 0.2) is 0 Å². The predicted molar refractivity (Wildman–Crippen MR) is 113 cm³/mol. The van der Waals surface area contributed by atoms with Gasteiger partial charge in [0.2, 0.25) is 4.80 Å². The van der Waals surface area contributed by atoms with Crippen molar-refractivity contribution >= 4 is 27.8 Å². The third-order valence-electron chi connectivity index (χ3n) is 4.35. The lowest BCUT2D eigenvalue weighted by Gasteiger charge is -2.05. The quantitative estimate of drug-likeness (QED) is 0.406. The Morgan fingerprint density at radius 2 is 1.82 bits per heavy atom. The molecule has 0 saturated carbocycles. The van der Waals surface area contributed by atoms with Crippen LogP contribution in [0.25, 0.3) is 10.2 Å². The Morgan fingerprint density at radius 3 is 2.64 bits per heavy atom. The number of para-hydroxylation sites is 1. The van der Waals surface area contributed by atoms with Crippen LogP contribution in [0, 0.1) is 0 Å². The molecule has 4 rings (SSSR count). The first kappa shape index (κ1) is 18.0. The van der Waals surface area contributed by atoms with Gasteiger partial charge >= 0.3 is 0 Å². The van der Waals surface area contributed by atoms with E-state index >= 15 is 0 Å². The van der Waals surface area contributed by atoms with Crippen LogP contribution in [0.5, 0.6) is 11.5 Å². The minimum absolute atomic E-state index is 0.133. The number of ether oxygens (including phenoxy) is 1. The Morgan fingerprint density at radius 1 is 1.04 bits per heavy atom. The summed E-state index contributed by atoms with van der Waals surface area (Å²) < 4.78 is 8.49. The zero-order valence-corrected chi connectivity index (χ0v) is 16.1. The molecule has 0 aliphatic heterocycles. The average molecular weight is 389 g/mol. The number of fused-ring (bicyclic) bond motifs is 1. The van der Waals surface area contributed by atoms with Crippen LogP contribution >= 0.6 is 11.3 Å². The van der Waals surface area contributed by atoms with Gasteiger partial charge in [-0.3, -0.25) is 0 Å². The normalized spacial score (nSPS) is 12.1. The van der Waals surface area contributed by atoms with Gasteiger partial charge in [0.05, 0.1) is 30.1 Å². The Hall–Kier alpha value is -3.38. The average Bonchev–Trinajstić information content (AvgIpc) is 3.07. The molecule has 0 aliphatic carbocycles. The molecule has 5 nitrogen and oxygen atoms in total. The van der Waals surface area contributed by atoms with Gasteiger partial charge in [-0.1, -0.05) is 53.8 Å². The zero-order valence-electron chi connectivity index (χ0n) is 15.3. The summed E-state index contributed by atoms with van der Waals surface area (Å²) in [7, 11) is 1.58. The van der Waals surface area contributed by atoms with E-state index in [2.05, 4.69) is 39.0 Å². The summed E-state index contributed by atoms with van der Waals surface area (Å²) in [6, 6.07) is 23.5. The van der Waals surface area contributed by atoms with Crippen molar-refractivity contribution in [2.45, 2.75) is 6.54 Å². The molecule has 4 aromatic rings. The minimum atomic E-state index is 0.133. The fourth-order valence-corrected chi connectivity index (χ4v) is 3.91. The standard InChI is InChI=1S/C22H19N3O2S/c1-27-18-11-12-20(26)17(13-18)14-23-24-22-25(15-16-7-3-2-4-8-16)19-9-5-6-10-21(19)28-22/h2-14,26H,15H2,1H3/b23-14-,24-22+. The van der Waals surface area contributed by atoms with Crippen molar-refractivity contribution < 1.29 is 9.84 Å². The van der Waals surface area contributed by atoms with E-state index in [0.29, 0.717) is 17.9 Å². The molecule has 28 heavy (non-hydrogen) atoms. The molecule has 0 amide bonds. The van der Waals surface area contributed by atoms with Crippen LogP contribution in [-0.2, 0) is 6.54 Å². The highest BCUT2D eigenvalue weighted by Crippen LogP contribution is 2.21. The molecule has 0 spiro atoms. The second-order valence-electron chi connectivity index (χ2n) is 6.19. The molecule has 6 heteroatoms. The number of methoxy groups -OCH3 is 1. The monoisotopic (exact) mass is 389 g/mol. The van der Waals surface area contributed by atoms with Crippen molar-refractivity contribution in [2.24, 2.45) is 10.2 Å². The lowest BCUT2D eigenvalue weighted by atomic mass is 10.2. The third-order valence-corrected chi connectivity index (χ3v) is 5.40. The number of phenolic OH excluding ortho intramolecular Hbond substituents is 1. The molecule has 0 saturated heterocycles. The number of hydrogen-bond donors (Lipinski definition) is 1. The molecule has 1 aromatic heterocycles. The van der Waals surface area contributed by atoms with E-state index in [4.69, 9.17) is 4.74 Å². The van der Waals surface area contributed by atoms with Gasteiger partial charge in [-0.25, -0.2) is 0 Å². The lowest BCUT2D eigenvalue weighted by molar-refractivity contribution is 0.412. The Kier molecular flexibility index (Phi) is 5.21. The zero-order chi connectivity index (χ0) is 19.3. The summed E-state index contributed by atoms with van der Waals surface area (Å²) in [6.07, 6.45) is 1.54. The van der Waals surface area contributed by atoms with Crippen LogP contribution < -0.4 is 9.54 Å². The topological polar surface area (TPSA) is 59.1 Å². The van der Waals surface area contributed by atoms with Gasteiger partial charge in [-0.2, -0.15) is 5.10 Å². The van der Waals surface area contributed by atoms with Gasteiger partial charge in [0.1, 0.15) is 11.5 Å². The van der Waals surface area contributed by atoms with Crippen molar-refractivity contribution in [3.05, 3.63) is 88.7 Å². The van der Waals surface area contributed by atoms with Crippen LogP contribution in [0.2, 0.25) is 0 Å². The van der Waals surface area contributed by atoms with E-state index in [-0.39, 0.29) is 5.75 Å². The van der Waals surface area contributed by atoms with Gasteiger partial charge in [0.25, 0.3) is 0 Å². The molecule has 0 fully saturated rings. The molecule has 0 unspecified atom stereocenters. The number of thiazole rings is 1. The highest BCUT2D eigenvalue weighted by Gasteiger charge is 2.06. The van der Waals surface area contributed by atoms with Crippen LogP contribution in [0.1, 0.15) is 11.1 Å². The van der Waals surface area contributed by atoms with E-state index in [0.717, 1.165) is 15.0 Å². The number of benzene rings is 3. The van der Waals surface area contributed by atoms with E-state index in [1.165, 1.54) is 11.8 Å². The molecule has 0 bridgehead atoms. The fourth-order valence-electron chi connectivity index (χ4n) is 2.92. The van der Waals surface area contributed by atoms with E-state index < -0.39 is 0 Å². The summed E-state index contributed by atoms with van der Waals surface area (Å²) in [5.41, 5.74) is 2.87. The Balaban J connectivity index is 1.74. The minimum Gasteiger partial charge on any atom is -0.507 e. The summed E-state index contributed by atoms with van der Waals surface area (Å²) in [6.45, 7) is 0.712. The Labute approximate surface area is 166 Å². The highest BCUT2D eigenvalue weighted by molar-refractivity contribution is 7.16. The van der Waals surface area contributed by atoms with Crippen LogP contribution in [0.3, 0.4) is 0 Å². The molecule has 0 radical (unpaired) electrons. The molecule has 0 aliphatic rings. The number of nitrogens with zero attached hydrogens (tertiary/aromatic N) is 3. The maximum Gasteiger partial charge on any atom is 0.211 e. The third kappa shape index (κ3) is 3.82. The van der Waals surface area contributed by atoms with Gasteiger partial charge in [-0.15, -0.1) is 5.10 Å². The molecule has 3 aromatic carbocycles. The number of aromatic hydroxyl groups is 1. The first-order valence-electron chi connectivity index (χ1n) is 8.81. The number of phenols is 1. The van der Waals surface area contributed by atoms with Crippen molar-refractivity contribution in [1.82, 2.24) is 4.57 Å². The first-order valence-corrected chi connectivity index (χ1v) is 9.62. The fraction of sp³-hybridized carbons (Fsp3) is 0.0909. The lowest BCUT2D eigenvalue weighted by Crippen LogP contribution is -2.15. The van der Waals surface area contributed by atoms with E-state index in [9.17, 15) is 5.11 Å². The second kappa shape index (κ2) is 8.10. The number of hydrogen-bond acceptors (Lipinski definition) is 5. The van der Waals surface area contributed by atoms with Crippen molar-refractivity contribution in [3.8, 4) is 11.5 Å². The smallest absolute Gasteiger partial charge is 0.211 e. The molecule has 1 N–H and O–H groups in total.